The largest absolute Gasteiger partial charge is 0.417 e. The van der Waals surface area contributed by atoms with E-state index in [0.29, 0.717) is 16.8 Å². The molecule has 25 heavy (non-hydrogen) atoms. The number of anilines is 1. The molecule has 1 unspecified atom stereocenters. The molecule has 0 saturated heterocycles. The number of benzene rings is 2. The van der Waals surface area contributed by atoms with Crippen LogP contribution in [0.25, 0.3) is 11.1 Å². The van der Waals surface area contributed by atoms with Crippen molar-refractivity contribution in [1.29, 1.82) is 0 Å². The minimum Gasteiger partial charge on any atom is -0.408 e. The first-order chi connectivity index (χ1) is 11.9. The summed E-state index contributed by atoms with van der Waals surface area (Å²) in [6.07, 6.45) is 0.281. The van der Waals surface area contributed by atoms with E-state index in [0.717, 1.165) is 5.56 Å². The van der Waals surface area contributed by atoms with E-state index < -0.39 is 5.76 Å². The van der Waals surface area contributed by atoms with Crippen LogP contribution in [0.15, 0.2) is 51.7 Å². The summed E-state index contributed by atoms with van der Waals surface area (Å²) >= 11 is 0. The van der Waals surface area contributed by atoms with Crippen LogP contribution in [0, 0.1) is 11.7 Å². The van der Waals surface area contributed by atoms with Gasteiger partial charge in [-0.15, -0.1) is 0 Å². The molecule has 1 heterocycles. The van der Waals surface area contributed by atoms with Gasteiger partial charge < -0.3 is 9.73 Å². The van der Waals surface area contributed by atoms with Crippen molar-refractivity contribution in [2.45, 2.75) is 26.2 Å². The predicted molar refractivity (Wildman–Crippen MR) is 94.1 cm³/mol. The van der Waals surface area contributed by atoms with Crippen LogP contribution in [0.4, 0.5) is 10.1 Å². The summed E-state index contributed by atoms with van der Waals surface area (Å²) in [5, 5.41) is 2.83. The van der Waals surface area contributed by atoms with E-state index in [1.807, 2.05) is 13.8 Å². The van der Waals surface area contributed by atoms with Crippen LogP contribution in [0.3, 0.4) is 0 Å². The number of nitrogens with one attached hydrogen (secondary N) is 2. The van der Waals surface area contributed by atoms with Crippen LogP contribution in [0.2, 0.25) is 0 Å². The lowest BCUT2D eigenvalue weighted by Crippen LogP contribution is -2.18. The van der Waals surface area contributed by atoms with E-state index in [9.17, 15) is 14.0 Å². The fourth-order valence-corrected chi connectivity index (χ4v) is 2.89. The Labute approximate surface area is 143 Å². The normalized spacial score (nSPS) is 12.5. The van der Waals surface area contributed by atoms with E-state index >= 15 is 0 Å². The molecule has 1 amide bonds. The van der Waals surface area contributed by atoms with Crippen molar-refractivity contribution in [2.24, 2.45) is 5.92 Å². The van der Waals surface area contributed by atoms with Crippen molar-refractivity contribution in [2.75, 3.05) is 5.32 Å². The highest BCUT2D eigenvalue weighted by Crippen LogP contribution is 2.28. The molecule has 0 aliphatic rings. The molecular weight excluding hydrogens is 323 g/mol. The van der Waals surface area contributed by atoms with E-state index in [2.05, 4.69) is 10.3 Å². The number of rotatable bonds is 5. The summed E-state index contributed by atoms with van der Waals surface area (Å²) in [6, 6.07) is 11.2. The Hall–Kier alpha value is -2.89. The van der Waals surface area contributed by atoms with Gasteiger partial charge in [0.15, 0.2) is 5.58 Å². The number of H-pyrrole nitrogens is 1. The number of hydrogen-bond acceptors (Lipinski definition) is 3. The number of aromatic nitrogens is 1. The Morgan fingerprint density at radius 3 is 2.60 bits per heavy atom. The second kappa shape index (κ2) is 6.93. The molecule has 5 nitrogen and oxygen atoms in total. The Bertz CT molecular complexity index is 941. The fraction of sp³-hybridized carbons (Fsp3) is 0.263. The van der Waals surface area contributed by atoms with Gasteiger partial charge in [-0.1, -0.05) is 26.0 Å². The molecule has 1 atom stereocenters. The molecular formula is C19H19FN2O3. The second-order valence-electron chi connectivity index (χ2n) is 6.38. The zero-order valence-electron chi connectivity index (χ0n) is 14.0. The molecule has 0 saturated carbocycles. The van der Waals surface area contributed by atoms with E-state index in [1.165, 1.54) is 12.1 Å². The Balaban J connectivity index is 1.74. The van der Waals surface area contributed by atoms with Crippen LogP contribution < -0.4 is 11.1 Å². The SMILES string of the molecule is CC(C)C(CC(=O)Nc1ccc2oc(=O)[nH]c2c1)c1ccc(F)cc1. The predicted octanol–water partition coefficient (Wildman–Crippen LogP) is 4.03. The lowest BCUT2D eigenvalue weighted by molar-refractivity contribution is -0.116. The highest BCUT2D eigenvalue weighted by atomic mass is 19.1. The minimum absolute atomic E-state index is 0.0157. The van der Waals surface area contributed by atoms with Crippen molar-refractivity contribution < 1.29 is 13.6 Å². The third-order valence-electron chi connectivity index (χ3n) is 4.21. The van der Waals surface area contributed by atoms with Gasteiger partial charge in [0.2, 0.25) is 5.91 Å². The van der Waals surface area contributed by atoms with Crippen molar-refractivity contribution >= 4 is 22.7 Å². The highest BCUT2D eigenvalue weighted by molar-refractivity contribution is 5.93. The van der Waals surface area contributed by atoms with Crippen molar-refractivity contribution in [3.8, 4) is 0 Å². The maximum absolute atomic E-state index is 13.1. The topological polar surface area (TPSA) is 75.1 Å². The van der Waals surface area contributed by atoms with Crippen LogP contribution in [0.5, 0.6) is 0 Å². The van der Waals surface area contributed by atoms with E-state index in [4.69, 9.17) is 4.42 Å². The number of halogens is 1. The Morgan fingerprint density at radius 1 is 1.20 bits per heavy atom. The Kier molecular flexibility index (Phi) is 4.70. The van der Waals surface area contributed by atoms with Gasteiger partial charge in [0.25, 0.3) is 0 Å². The molecule has 0 fully saturated rings. The molecule has 0 aliphatic carbocycles. The van der Waals surface area contributed by atoms with Gasteiger partial charge in [0.05, 0.1) is 5.52 Å². The zero-order valence-corrected chi connectivity index (χ0v) is 14.0. The summed E-state index contributed by atoms with van der Waals surface area (Å²) in [6.45, 7) is 4.06. The third kappa shape index (κ3) is 3.96. The lowest BCUT2D eigenvalue weighted by atomic mass is 9.85. The smallest absolute Gasteiger partial charge is 0.408 e. The van der Waals surface area contributed by atoms with Crippen LogP contribution in [-0.2, 0) is 4.79 Å². The number of oxazole rings is 1. The van der Waals surface area contributed by atoms with Crippen molar-refractivity contribution in [3.63, 3.8) is 0 Å². The summed E-state index contributed by atoms with van der Waals surface area (Å²) < 4.78 is 18.1. The zero-order chi connectivity index (χ0) is 18.0. The maximum atomic E-state index is 13.1. The van der Waals surface area contributed by atoms with E-state index in [1.54, 1.807) is 30.3 Å². The number of carbonyl (C=O) groups is 1. The summed E-state index contributed by atoms with van der Waals surface area (Å²) in [5.41, 5.74) is 2.48. The number of hydrogen-bond donors (Lipinski definition) is 2. The number of fused-ring (bicyclic) bond motifs is 1. The van der Waals surface area contributed by atoms with Gasteiger partial charge in [-0.3, -0.25) is 9.78 Å². The number of amides is 1. The van der Waals surface area contributed by atoms with E-state index in [-0.39, 0.29) is 30.0 Å². The summed E-state index contributed by atoms with van der Waals surface area (Å²) in [7, 11) is 0. The molecule has 0 spiro atoms. The van der Waals surface area contributed by atoms with Gasteiger partial charge in [0.1, 0.15) is 5.82 Å². The molecule has 3 aromatic rings. The first kappa shape index (κ1) is 17.0. The number of carbonyl (C=O) groups excluding carboxylic acids is 1. The summed E-state index contributed by atoms with van der Waals surface area (Å²) in [4.78, 5) is 26.2. The molecule has 3 rings (SSSR count). The molecule has 0 aliphatic heterocycles. The lowest BCUT2D eigenvalue weighted by Gasteiger charge is -2.21. The Morgan fingerprint density at radius 2 is 1.92 bits per heavy atom. The van der Waals surface area contributed by atoms with Gasteiger partial charge in [-0.25, -0.2) is 9.18 Å². The average Bonchev–Trinajstić information content (AvgIpc) is 2.92. The van der Waals surface area contributed by atoms with Crippen LogP contribution >= 0.6 is 0 Å². The summed E-state index contributed by atoms with van der Waals surface area (Å²) in [5.74, 6) is -0.761. The quantitative estimate of drug-likeness (QED) is 0.735. The van der Waals surface area contributed by atoms with Gasteiger partial charge in [-0.2, -0.15) is 0 Å². The first-order valence-corrected chi connectivity index (χ1v) is 8.10. The fourth-order valence-electron chi connectivity index (χ4n) is 2.89. The molecule has 0 radical (unpaired) electrons. The standard InChI is InChI=1S/C19H19FN2O3/c1-11(2)15(12-3-5-13(20)6-4-12)10-18(23)21-14-7-8-17-16(9-14)22-19(24)25-17/h3-9,11,15H,10H2,1-2H3,(H,21,23)(H,22,24). The number of aromatic amines is 1. The minimum atomic E-state index is -0.533. The van der Waals surface area contributed by atoms with Crippen molar-refractivity contribution in [1.82, 2.24) is 4.98 Å². The van der Waals surface area contributed by atoms with Gasteiger partial charge >= 0.3 is 5.76 Å². The van der Waals surface area contributed by atoms with Crippen molar-refractivity contribution in [3.05, 3.63) is 64.4 Å². The van der Waals surface area contributed by atoms with Gasteiger partial charge in [-0.05, 0) is 47.7 Å². The molecule has 0 bridgehead atoms. The highest BCUT2D eigenvalue weighted by Gasteiger charge is 2.20. The molecule has 6 heteroatoms. The second-order valence-corrected chi connectivity index (χ2v) is 6.38. The maximum Gasteiger partial charge on any atom is 0.417 e. The van der Waals surface area contributed by atoms with Crippen LogP contribution in [0.1, 0.15) is 31.7 Å². The molecule has 2 aromatic carbocycles. The average molecular weight is 342 g/mol. The van der Waals surface area contributed by atoms with Crippen LogP contribution in [-0.4, -0.2) is 10.9 Å². The molecule has 2 N–H and O–H groups in total. The molecule has 1 aromatic heterocycles. The third-order valence-corrected chi connectivity index (χ3v) is 4.21. The first-order valence-electron chi connectivity index (χ1n) is 8.10. The van der Waals surface area contributed by atoms with Gasteiger partial charge in [0, 0.05) is 12.1 Å². The molecule has 130 valence electrons. The monoisotopic (exact) mass is 342 g/mol.